The van der Waals surface area contributed by atoms with Crippen molar-refractivity contribution in [1.82, 2.24) is 10.2 Å². The van der Waals surface area contributed by atoms with E-state index in [0.717, 1.165) is 44.9 Å². The molecule has 0 spiro atoms. The van der Waals surface area contributed by atoms with Gasteiger partial charge in [-0.25, -0.2) is 0 Å². The van der Waals surface area contributed by atoms with E-state index in [-0.39, 0.29) is 24.0 Å². The lowest BCUT2D eigenvalue weighted by Crippen LogP contribution is -2.47. The normalized spacial score (nSPS) is 16.6. The lowest BCUT2D eigenvalue weighted by Gasteiger charge is -2.42. The van der Waals surface area contributed by atoms with Crippen LogP contribution in [0.15, 0.2) is 17.6 Å². The van der Waals surface area contributed by atoms with Crippen LogP contribution in [0.4, 0.5) is 0 Å². The molecule has 1 N–H and O–H groups in total. The Kier molecular flexibility index (Phi) is 11.1. The summed E-state index contributed by atoms with van der Waals surface area (Å²) < 4.78 is 5.24. The summed E-state index contributed by atoms with van der Waals surface area (Å²) in [6, 6.07) is 0. The first-order chi connectivity index (χ1) is 9.67. The molecule has 0 bridgehead atoms. The highest BCUT2D eigenvalue weighted by molar-refractivity contribution is 14.0. The molecule has 0 radical (unpaired) electrons. The zero-order valence-corrected chi connectivity index (χ0v) is 16.2. The largest absolute Gasteiger partial charge is 0.385 e. The minimum Gasteiger partial charge on any atom is -0.385 e. The molecule has 0 aromatic heterocycles. The summed E-state index contributed by atoms with van der Waals surface area (Å²) in [5.74, 6) is 0.998. The molecule has 4 nitrogen and oxygen atoms in total. The number of ether oxygens (including phenoxy) is 1. The van der Waals surface area contributed by atoms with E-state index in [4.69, 9.17) is 4.74 Å². The van der Waals surface area contributed by atoms with Gasteiger partial charge < -0.3 is 15.0 Å². The summed E-state index contributed by atoms with van der Waals surface area (Å²) in [6.45, 7) is 6.64. The van der Waals surface area contributed by atoms with Crippen molar-refractivity contribution in [2.24, 2.45) is 10.4 Å². The maximum atomic E-state index is 5.24. The molecule has 1 saturated carbocycles. The zero-order chi connectivity index (χ0) is 14.8. The van der Waals surface area contributed by atoms with Crippen LogP contribution in [-0.4, -0.2) is 51.8 Å². The second-order valence-electron chi connectivity index (χ2n) is 5.85. The van der Waals surface area contributed by atoms with Crippen LogP contribution in [0.3, 0.4) is 0 Å². The Hall–Kier alpha value is -0.300. The number of guanidine groups is 1. The number of aliphatic imine (C=N–C) groups is 1. The quantitative estimate of drug-likeness (QED) is 0.209. The van der Waals surface area contributed by atoms with Crippen LogP contribution < -0.4 is 5.32 Å². The van der Waals surface area contributed by atoms with E-state index in [2.05, 4.69) is 28.8 Å². The average molecular weight is 409 g/mol. The van der Waals surface area contributed by atoms with Gasteiger partial charge in [0.25, 0.3) is 0 Å². The smallest absolute Gasteiger partial charge is 0.193 e. The fraction of sp³-hybridized carbons (Fsp3) is 0.812. The molecular formula is C16H32IN3O. The van der Waals surface area contributed by atoms with Crippen molar-refractivity contribution in [2.45, 2.75) is 38.5 Å². The van der Waals surface area contributed by atoms with Crippen LogP contribution in [0, 0.1) is 5.41 Å². The molecule has 0 aromatic carbocycles. The molecule has 0 aliphatic heterocycles. The predicted octanol–water partition coefficient (Wildman–Crippen LogP) is 3.28. The number of allylic oxidation sites excluding steroid dienone is 1. The standard InChI is InChI=1S/C16H31N3O.HI/c1-5-6-7-12-19(3)15(17-2)18-14-16(9-8-10-16)11-13-20-4;/h5H,1,6-14H2,2-4H3,(H,17,18);1H. The van der Waals surface area contributed by atoms with E-state index in [1.54, 1.807) is 7.11 Å². The number of hydrogen-bond acceptors (Lipinski definition) is 2. The molecular weight excluding hydrogens is 377 g/mol. The number of rotatable bonds is 9. The number of methoxy groups -OCH3 is 1. The van der Waals surface area contributed by atoms with Crippen LogP contribution in [0.2, 0.25) is 0 Å². The number of unbranched alkanes of at least 4 members (excludes halogenated alkanes) is 1. The summed E-state index contributed by atoms with van der Waals surface area (Å²) >= 11 is 0. The molecule has 5 heteroatoms. The maximum Gasteiger partial charge on any atom is 0.193 e. The van der Waals surface area contributed by atoms with Gasteiger partial charge in [0.15, 0.2) is 5.96 Å². The summed E-state index contributed by atoms with van der Waals surface area (Å²) in [5, 5.41) is 3.54. The molecule has 1 aliphatic carbocycles. The SMILES string of the molecule is C=CCCCN(C)C(=NC)NCC1(CCOC)CCC1.I. The van der Waals surface area contributed by atoms with E-state index >= 15 is 0 Å². The van der Waals surface area contributed by atoms with Crippen LogP contribution in [0.5, 0.6) is 0 Å². The van der Waals surface area contributed by atoms with Crippen LogP contribution >= 0.6 is 24.0 Å². The highest BCUT2D eigenvalue weighted by Gasteiger charge is 2.36. The van der Waals surface area contributed by atoms with E-state index in [1.807, 2.05) is 13.1 Å². The van der Waals surface area contributed by atoms with Gasteiger partial charge in [-0.2, -0.15) is 0 Å². The Morgan fingerprint density at radius 1 is 1.48 bits per heavy atom. The third-order valence-electron chi connectivity index (χ3n) is 4.35. The van der Waals surface area contributed by atoms with Gasteiger partial charge in [-0.15, -0.1) is 30.6 Å². The van der Waals surface area contributed by atoms with Crippen LogP contribution in [-0.2, 0) is 4.74 Å². The lowest BCUT2D eigenvalue weighted by atomic mass is 9.67. The Balaban J connectivity index is 0.00000400. The Labute approximate surface area is 147 Å². The Morgan fingerprint density at radius 3 is 2.67 bits per heavy atom. The van der Waals surface area contributed by atoms with Gasteiger partial charge in [0.05, 0.1) is 0 Å². The molecule has 1 aliphatic rings. The minimum absolute atomic E-state index is 0. The number of hydrogen-bond donors (Lipinski definition) is 1. The van der Waals surface area contributed by atoms with Crippen molar-refractivity contribution >= 4 is 29.9 Å². The molecule has 0 saturated heterocycles. The first-order valence-electron chi connectivity index (χ1n) is 7.69. The van der Waals surface area contributed by atoms with E-state index in [0.29, 0.717) is 5.41 Å². The maximum absolute atomic E-state index is 5.24. The Bertz CT molecular complexity index is 317. The summed E-state index contributed by atoms with van der Waals surface area (Å²) in [7, 11) is 5.74. The fourth-order valence-corrected chi connectivity index (χ4v) is 2.74. The molecule has 1 rings (SSSR count). The molecule has 0 unspecified atom stereocenters. The third-order valence-corrected chi connectivity index (χ3v) is 4.35. The van der Waals surface area contributed by atoms with Gasteiger partial charge in [-0.3, -0.25) is 4.99 Å². The summed E-state index contributed by atoms with van der Waals surface area (Å²) in [5.41, 5.74) is 0.425. The number of halogens is 1. The van der Waals surface area contributed by atoms with Crippen molar-refractivity contribution in [2.75, 3.05) is 40.9 Å². The van der Waals surface area contributed by atoms with Crippen molar-refractivity contribution in [1.29, 1.82) is 0 Å². The predicted molar refractivity (Wildman–Crippen MR) is 102 cm³/mol. The van der Waals surface area contributed by atoms with E-state index in [9.17, 15) is 0 Å². The van der Waals surface area contributed by atoms with E-state index < -0.39 is 0 Å². The average Bonchev–Trinajstić information content (AvgIpc) is 2.41. The summed E-state index contributed by atoms with van der Waals surface area (Å²) in [4.78, 5) is 6.58. The van der Waals surface area contributed by atoms with Crippen LogP contribution in [0.25, 0.3) is 0 Å². The second kappa shape index (κ2) is 11.3. The van der Waals surface area contributed by atoms with Gasteiger partial charge in [-0.1, -0.05) is 12.5 Å². The molecule has 124 valence electrons. The molecule has 0 heterocycles. The van der Waals surface area contributed by atoms with Crippen molar-refractivity contribution < 1.29 is 4.74 Å². The fourth-order valence-electron chi connectivity index (χ4n) is 2.74. The van der Waals surface area contributed by atoms with Gasteiger partial charge >= 0.3 is 0 Å². The highest BCUT2D eigenvalue weighted by Crippen LogP contribution is 2.43. The zero-order valence-electron chi connectivity index (χ0n) is 13.9. The topological polar surface area (TPSA) is 36.9 Å². The Morgan fingerprint density at radius 2 is 2.19 bits per heavy atom. The molecule has 0 amide bonds. The minimum atomic E-state index is 0. The molecule has 0 atom stereocenters. The molecule has 0 aromatic rings. The van der Waals surface area contributed by atoms with Crippen molar-refractivity contribution in [3.63, 3.8) is 0 Å². The highest BCUT2D eigenvalue weighted by atomic mass is 127. The molecule has 21 heavy (non-hydrogen) atoms. The second-order valence-corrected chi connectivity index (χ2v) is 5.85. The monoisotopic (exact) mass is 409 g/mol. The molecule has 1 fully saturated rings. The first-order valence-corrected chi connectivity index (χ1v) is 7.69. The first kappa shape index (κ1) is 20.7. The van der Waals surface area contributed by atoms with Crippen LogP contribution in [0.1, 0.15) is 38.5 Å². The van der Waals surface area contributed by atoms with Gasteiger partial charge in [0, 0.05) is 40.9 Å². The number of nitrogens with one attached hydrogen (secondary N) is 1. The van der Waals surface area contributed by atoms with Crippen molar-refractivity contribution in [3.05, 3.63) is 12.7 Å². The van der Waals surface area contributed by atoms with Crippen molar-refractivity contribution in [3.8, 4) is 0 Å². The van der Waals surface area contributed by atoms with Gasteiger partial charge in [0.1, 0.15) is 0 Å². The third kappa shape index (κ3) is 7.00. The summed E-state index contributed by atoms with van der Waals surface area (Å²) in [6.07, 6.45) is 9.25. The van der Waals surface area contributed by atoms with E-state index in [1.165, 1.54) is 19.3 Å². The lowest BCUT2D eigenvalue weighted by molar-refractivity contribution is 0.0727. The van der Waals surface area contributed by atoms with Gasteiger partial charge in [-0.05, 0) is 37.5 Å². The number of nitrogens with zero attached hydrogens (tertiary/aromatic N) is 2. The van der Waals surface area contributed by atoms with Gasteiger partial charge in [0.2, 0.25) is 0 Å².